The summed E-state index contributed by atoms with van der Waals surface area (Å²) < 4.78 is 2.22. The summed E-state index contributed by atoms with van der Waals surface area (Å²) in [6.07, 6.45) is 5.33. The highest BCUT2D eigenvalue weighted by Gasteiger charge is 2.39. The Morgan fingerprint density at radius 2 is 1.92 bits per heavy atom. The van der Waals surface area contributed by atoms with Crippen LogP contribution < -0.4 is 0 Å². The molecule has 0 spiro atoms. The van der Waals surface area contributed by atoms with Crippen molar-refractivity contribution in [3.8, 4) is 0 Å². The molecule has 2 aliphatic rings. The van der Waals surface area contributed by atoms with E-state index >= 15 is 0 Å². The van der Waals surface area contributed by atoms with Crippen molar-refractivity contribution in [1.82, 2.24) is 19.4 Å². The molecule has 1 amide bonds. The number of likely N-dealkylation sites (tertiary alicyclic amines) is 2. The molecule has 134 valence electrons. The third-order valence-electron chi connectivity index (χ3n) is 6.00. The lowest BCUT2D eigenvalue weighted by Gasteiger charge is -2.34. The highest BCUT2D eigenvalue weighted by molar-refractivity contribution is 5.76. The summed E-state index contributed by atoms with van der Waals surface area (Å²) >= 11 is 0. The molecule has 0 radical (unpaired) electrons. The first-order valence-corrected chi connectivity index (χ1v) is 9.63. The maximum atomic E-state index is 12.3. The van der Waals surface area contributed by atoms with Gasteiger partial charge in [-0.1, -0.05) is 19.1 Å². The molecule has 0 bridgehead atoms. The number of para-hydroxylation sites is 2. The van der Waals surface area contributed by atoms with Crippen LogP contribution in [0.1, 0.15) is 44.9 Å². The monoisotopic (exact) mass is 340 g/mol. The highest BCUT2D eigenvalue weighted by atomic mass is 16.2. The van der Waals surface area contributed by atoms with Crippen LogP contribution in [0.5, 0.6) is 0 Å². The molecule has 1 aromatic carbocycles. The summed E-state index contributed by atoms with van der Waals surface area (Å²) in [5.74, 6) is 1.44. The molecule has 2 fully saturated rings. The summed E-state index contributed by atoms with van der Waals surface area (Å²) in [6.45, 7) is 4.90. The van der Waals surface area contributed by atoms with Crippen LogP contribution >= 0.6 is 0 Å². The van der Waals surface area contributed by atoms with E-state index < -0.39 is 0 Å². The average Bonchev–Trinajstić information content (AvgIpc) is 3.34. The molecule has 0 N–H and O–H groups in total. The Balaban J connectivity index is 1.55. The van der Waals surface area contributed by atoms with Crippen molar-refractivity contribution in [3.63, 3.8) is 0 Å². The van der Waals surface area contributed by atoms with Crippen LogP contribution in [0, 0.1) is 0 Å². The first kappa shape index (κ1) is 16.6. The molecule has 5 nitrogen and oxygen atoms in total. The standard InChI is InChI=1S/C20H28N4O/c1-3-20(25)24-13-7-11-18(24)17-10-6-12-23(17)14-19-21-15-8-4-5-9-16(15)22(19)2/h4-5,8-9,17-18H,3,6-7,10-14H2,1-2H3/t17-,18+/m1/s1. The molecule has 2 aromatic rings. The maximum Gasteiger partial charge on any atom is 0.222 e. The topological polar surface area (TPSA) is 41.4 Å². The molecule has 4 rings (SSSR count). The van der Waals surface area contributed by atoms with Gasteiger partial charge < -0.3 is 9.47 Å². The van der Waals surface area contributed by atoms with Gasteiger partial charge in [-0.15, -0.1) is 0 Å². The zero-order valence-electron chi connectivity index (χ0n) is 15.3. The normalized spacial score (nSPS) is 24.5. The van der Waals surface area contributed by atoms with E-state index in [9.17, 15) is 4.79 Å². The summed E-state index contributed by atoms with van der Waals surface area (Å²) in [5, 5.41) is 0. The van der Waals surface area contributed by atoms with Gasteiger partial charge in [0.05, 0.1) is 17.6 Å². The van der Waals surface area contributed by atoms with Gasteiger partial charge in [0.25, 0.3) is 0 Å². The van der Waals surface area contributed by atoms with Crippen molar-refractivity contribution < 1.29 is 4.79 Å². The van der Waals surface area contributed by atoms with E-state index in [2.05, 4.69) is 39.6 Å². The highest BCUT2D eigenvalue weighted by Crippen LogP contribution is 2.31. The van der Waals surface area contributed by atoms with Gasteiger partial charge in [0, 0.05) is 32.1 Å². The molecule has 0 aliphatic carbocycles. The number of aromatic nitrogens is 2. The third-order valence-corrected chi connectivity index (χ3v) is 6.00. The number of hydrogen-bond acceptors (Lipinski definition) is 3. The average molecular weight is 340 g/mol. The molecule has 1 aromatic heterocycles. The minimum atomic E-state index is 0.317. The van der Waals surface area contributed by atoms with E-state index in [4.69, 9.17) is 4.98 Å². The quantitative estimate of drug-likeness (QED) is 0.859. The lowest BCUT2D eigenvalue weighted by molar-refractivity contribution is -0.132. The molecular formula is C20H28N4O. The fraction of sp³-hybridized carbons (Fsp3) is 0.600. The number of amides is 1. The third kappa shape index (κ3) is 2.95. The van der Waals surface area contributed by atoms with Gasteiger partial charge in [0.1, 0.15) is 5.82 Å². The Morgan fingerprint density at radius 3 is 2.72 bits per heavy atom. The lowest BCUT2D eigenvalue weighted by atomic mass is 10.0. The number of benzene rings is 1. The molecule has 3 heterocycles. The minimum absolute atomic E-state index is 0.317. The largest absolute Gasteiger partial charge is 0.338 e. The van der Waals surface area contributed by atoms with Crippen LogP contribution in [-0.2, 0) is 18.4 Å². The van der Waals surface area contributed by atoms with Crippen molar-refractivity contribution in [2.24, 2.45) is 7.05 Å². The predicted octanol–water partition coefficient (Wildman–Crippen LogP) is 2.94. The second kappa shape index (κ2) is 6.79. The second-order valence-corrected chi connectivity index (χ2v) is 7.41. The van der Waals surface area contributed by atoms with Crippen LogP contribution in [-0.4, -0.2) is 50.4 Å². The number of aryl methyl sites for hydroxylation is 1. The van der Waals surface area contributed by atoms with Gasteiger partial charge in [-0.25, -0.2) is 4.98 Å². The minimum Gasteiger partial charge on any atom is -0.338 e. The van der Waals surface area contributed by atoms with Gasteiger partial charge in [-0.2, -0.15) is 0 Å². The van der Waals surface area contributed by atoms with E-state index in [0.29, 0.717) is 24.4 Å². The smallest absolute Gasteiger partial charge is 0.222 e. The Kier molecular flexibility index (Phi) is 4.50. The number of hydrogen-bond donors (Lipinski definition) is 0. The van der Waals surface area contributed by atoms with Crippen molar-refractivity contribution in [3.05, 3.63) is 30.1 Å². The van der Waals surface area contributed by atoms with Gasteiger partial charge >= 0.3 is 0 Å². The number of fused-ring (bicyclic) bond motifs is 1. The zero-order chi connectivity index (χ0) is 17.4. The zero-order valence-corrected chi connectivity index (χ0v) is 15.3. The van der Waals surface area contributed by atoms with E-state index in [1.54, 1.807) is 0 Å². The van der Waals surface area contributed by atoms with Gasteiger partial charge in [-0.05, 0) is 44.4 Å². The summed E-state index contributed by atoms with van der Waals surface area (Å²) in [4.78, 5) is 21.9. The fourth-order valence-corrected chi connectivity index (χ4v) is 4.71. The van der Waals surface area contributed by atoms with Gasteiger partial charge in [0.15, 0.2) is 0 Å². The van der Waals surface area contributed by atoms with Crippen molar-refractivity contribution in [2.75, 3.05) is 13.1 Å². The Bertz CT molecular complexity index is 768. The number of rotatable bonds is 4. The van der Waals surface area contributed by atoms with Crippen LogP contribution in [0.2, 0.25) is 0 Å². The summed E-state index contributed by atoms with van der Waals surface area (Å²) in [7, 11) is 2.11. The molecule has 2 atom stereocenters. The number of carbonyl (C=O) groups is 1. The Labute approximate surface area is 149 Å². The van der Waals surface area contributed by atoms with Crippen LogP contribution in [0.3, 0.4) is 0 Å². The first-order chi connectivity index (χ1) is 12.2. The Morgan fingerprint density at radius 1 is 1.16 bits per heavy atom. The molecule has 2 aliphatic heterocycles. The predicted molar refractivity (Wildman–Crippen MR) is 99.2 cm³/mol. The summed E-state index contributed by atoms with van der Waals surface area (Å²) in [5.41, 5.74) is 2.26. The van der Waals surface area contributed by atoms with Crippen LogP contribution in [0.25, 0.3) is 11.0 Å². The number of nitrogens with zero attached hydrogens (tertiary/aromatic N) is 4. The summed E-state index contributed by atoms with van der Waals surface area (Å²) in [6, 6.07) is 9.21. The van der Waals surface area contributed by atoms with Crippen molar-refractivity contribution in [2.45, 2.75) is 57.7 Å². The van der Waals surface area contributed by atoms with Gasteiger partial charge in [-0.3, -0.25) is 9.69 Å². The second-order valence-electron chi connectivity index (χ2n) is 7.41. The van der Waals surface area contributed by atoms with E-state index in [1.807, 2.05) is 13.0 Å². The fourth-order valence-electron chi connectivity index (χ4n) is 4.71. The van der Waals surface area contributed by atoms with Crippen LogP contribution in [0.4, 0.5) is 0 Å². The molecular weight excluding hydrogens is 312 g/mol. The molecule has 0 saturated carbocycles. The maximum absolute atomic E-state index is 12.3. The van der Waals surface area contributed by atoms with E-state index in [-0.39, 0.29) is 0 Å². The van der Waals surface area contributed by atoms with Crippen LogP contribution in [0.15, 0.2) is 24.3 Å². The number of carbonyl (C=O) groups excluding carboxylic acids is 1. The first-order valence-electron chi connectivity index (χ1n) is 9.63. The number of imidazole rings is 1. The molecule has 5 heteroatoms. The molecule has 0 unspecified atom stereocenters. The van der Waals surface area contributed by atoms with Crippen molar-refractivity contribution in [1.29, 1.82) is 0 Å². The Hall–Kier alpha value is -1.88. The van der Waals surface area contributed by atoms with Crippen molar-refractivity contribution >= 4 is 16.9 Å². The van der Waals surface area contributed by atoms with E-state index in [1.165, 1.54) is 18.4 Å². The van der Waals surface area contributed by atoms with Gasteiger partial charge in [0.2, 0.25) is 5.91 Å². The molecule has 2 saturated heterocycles. The molecule has 25 heavy (non-hydrogen) atoms. The lowest BCUT2D eigenvalue weighted by Crippen LogP contribution is -2.48. The van der Waals surface area contributed by atoms with E-state index in [0.717, 1.165) is 43.8 Å². The SMILES string of the molecule is CCC(=O)N1CCC[C@H]1[C@H]1CCCN1Cc1nc2ccccc2n1C.